The summed E-state index contributed by atoms with van der Waals surface area (Å²) in [6.07, 6.45) is 0. The topological polar surface area (TPSA) is 59.3 Å². The van der Waals surface area contributed by atoms with Gasteiger partial charge in [-0.25, -0.2) is 4.79 Å². The van der Waals surface area contributed by atoms with Crippen LogP contribution in [0.25, 0.3) is 0 Å². The van der Waals surface area contributed by atoms with Crippen LogP contribution in [-0.2, 0) is 4.79 Å². The quantitative estimate of drug-likeness (QED) is 0.638. The summed E-state index contributed by atoms with van der Waals surface area (Å²) in [4.78, 5) is 11.8. The van der Waals surface area contributed by atoms with Crippen molar-refractivity contribution in [3.8, 4) is 17.6 Å². The first-order valence-electron chi connectivity index (χ1n) is 6.49. The second-order valence-corrected chi connectivity index (χ2v) is 4.67. The molecule has 0 fully saturated rings. The number of nitrogens with zero attached hydrogens (tertiary/aromatic N) is 1. The average Bonchev–Trinajstić information content (AvgIpc) is 2.48. The largest absolute Gasteiger partial charge is 0.482 e. The van der Waals surface area contributed by atoms with Gasteiger partial charge in [0.05, 0.1) is 11.6 Å². The Morgan fingerprint density at radius 1 is 1.19 bits per heavy atom. The molecule has 2 aromatic rings. The van der Waals surface area contributed by atoms with E-state index >= 15 is 0 Å². The number of carbonyl (C=O) groups excluding carboxylic acids is 1. The van der Waals surface area contributed by atoms with Gasteiger partial charge in [-0.3, -0.25) is 0 Å². The molecule has 0 atom stereocenters. The fraction of sp³-hybridized carbons (Fsp3) is 0.176. The molecule has 21 heavy (non-hydrogen) atoms. The molecule has 0 amide bonds. The summed E-state index contributed by atoms with van der Waals surface area (Å²) >= 11 is 0. The maximum Gasteiger partial charge on any atom is 0.349 e. The van der Waals surface area contributed by atoms with Crippen molar-refractivity contribution in [1.29, 1.82) is 5.26 Å². The summed E-state index contributed by atoms with van der Waals surface area (Å²) in [7, 11) is 0. The molecule has 2 aromatic carbocycles. The van der Waals surface area contributed by atoms with Gasteiger partial charge in [-0.2, -0.15) is 5.26 Å². The molecule has 0 saturated heterocycles. The highest BCUT2D eigenvalue weighted by Crippen LogP contribution is 2.19. The monoisotopic (exact) mass is 281 g/mol. The van der Waals surface area contributed by atoms with Gasteiger partial charge in [0, 0.05) is 0 Å². The van der Waals surface area contributed by atoms with Crippen LogP contribution in [0.2, 0.25) is 0 Å². The molecule has 2 rings (SSSR count). The Hall–Kier alpha value is -2.80. The maximum atomic E-state index is 11.8. The Labute approximate surface area is 123 Å². The molecular weight excluding hydrogens is 266 g/mol. The zero-order chi connectivity index (χ0) is 15.2. The molecule has 0 aromatic heterocycles. The number of esters is 1. The van der Waals surface area contributed by atoms with Crippen molar-refractivity contribution in [2.75, 3.05) is 6.61 Å². The number of carbonyl (C=O) groups is 1. The minimum absolute atomic E-state index is 0.179. The van der Waals surface area contributed by atoms with Crippen molar-refractivity contribution in [3.63, 3.8) is 0 Å². The molecule has 0 aliphatic rings. The summed E-state index contributed by atoms with van der Waals surface area (Å²) in [5, 5.41) is 8.79. The van der Waals surface area contributed by atoms with E-state index in [1.54, 1.807) is 18.2 Å². The molecular formula is C17H15NO3. The Bertz CT molecular complexity index is 701. The van der Waals surface area contributed by atoms with Crippen molar-refractivity contribution in [2.24, 2.45) is 0 Å². The lowest BCUT2D eigenvalue weighted by Crippen LogP contribution is -2.18. The lowest BCUT2D eigenvalue weighted by atomic mass is 10.1. The Balaban J connectivity index is 1.96. The zero-order valence-corrected chi connectivity index (χ0v) is 11.9. The molecule has 0 unspecified atom stereocenters. The van der Waals surface area contributed by atoms with Crippen LogP contribution in [0.4, 0.5) is 0 Å². The first kappa shape index (κ1) is 14.6. The fourth-order valence-corrected chi connectivity index (χ4v) is 1.79. The summed E-state index contributed by atoms with van der Waals surface area (Å²) in [5.74, 6) is 0.493. The molecule has 0 saturated carbocycles. The normalized spacial score (nSPS) is 9.76. The number of rotatable bonds is 4. The van der Waals surface area contributed by atoms with Gasteiger partial charge in [0.25, 0.3) is 0 Å². The first-order valence-corrected chi connectivity index (χ1v) is 6.49. The van der Waals surface area contributed by atoms with E-state index < -0.39 is 5.97 Å². The van der Waals surface area contributed by atoms with Gasteiger partial charge in [0.2, 0.25) is 0 Å². The summed E-state index contributed by atoms with van der Waals surface area (Å²) in [5.41, 5.74) is 2.46. The highest BCUT2D eigenvalue weighted by atomic mass is 16.6. The highest BCUT2D eigenvalue weighted by molar-refractivity contribution is 5.74. The van der Waals surface area contributed by atoms with E-state index in [-0.39, 0.29) is 6.61 Å². The number of aryl methyl sites for hydroxylation is 2. The summed E-state index contributed by atoms with van der Waals surface area (Å²) in [6.45, 7) is 3.69. The van der Waals surface area contributed by atoms with Crippen molar-refractivity contribution < 1.29 is 14.3 Å². The molecule has 4 nitrogen and oxygen atoms in total. The molecule has 0 heterocycles. The van der Waals surface area contributed by atoms with Gasteiger partial charge in [-0.15, -0.1) is 0 Å². The lowest BCUT2D eigenvalue weighted by Gasteiger charge is -2.09. The van der Waals surface area contributed by atoms with Crippen molar-refractivity contribution in [3.05, 3.63) is 59.2 Å². The molecule has 0 spiro atoms. The predicted molar refractivity (Wildman–Crippen MR) is 78.2 cm³/mol. The Morgan fingerprint density at radius 2 is 2.00 bits per heavy atom. The third kappa shape index (κ3) is 4.08. The minimum atomic E-state index is -0.508. The molecule has 4 heteroatoms. The van der Waals surface area contributed by atoms with E-state index in [9.17, 15) is 4.79 Å². The van der Waals surface area contributed by atoms with Crippen LogP contribution in [-0.4, -0.2) is 12.6 Å². The van der Waals surface area contributed by atoms with Gasteiger partial charge < -0.3 is 9.47 Å². The number of hydrogen-bond donors (Lipinski definition) is 0. The molecule has 0 aliphatic heterocycles. The van der Waals surface area contributed by atoms with Crippen LogP contribution in [0.15, 0.2) is 42.5 Å². The van der Waals surface area contributed by atoms with E-state index in [1.807, 2.05) is 38.1 Å². The Morgan fingerprint density at radius 3 is 2.76 bits per heavy atom. The Kier molecular flexibility index (Phi) is 4.57. The van der Waals surface area contributed by atoms with Gasteiger partial charge in [0.1, 0.15) is 11.5 Å². The third-order valence-corrected chi connectivity index (χ3v) is 2.88. The van der Waals surface area contributed by atoms with Gasteiger partial charge in [-0.1, -0.05) is 18.2 Å². The lowest BCUT2D eigenvalue weighted by molar-refractivity contribution is -0.136. The van der Waals surface area contributed by atoms with Gasteiger partial charge in [-0.05, 0) is 49.2 Å². The van der Waals surface area contributed by atoms with E-state index in [4.69, 9.17) is 14.7 Å². The maximum absolute atomic E-state index is 11.8. The van der Waals surface area contributed by atoms with Crippen molar-refractivity contribution in [1.82, 2.24) is 0 Å². The predicted octanol–water partition coefficient (Wildman–Crippen LogP) is 3.16. The van der Waals surface area contributed by atoms with Crippen LogP contribution < -0.4 is 9.47 Å². The smallest absolute Gasteiger partial charge is 0.349 e. The number of hydrogen-bond acceptors (Lipinski definition) is 4. The van der Waals surface area contributed by atoms with Crippen LogP contribution in [0, 0.1) is 25.2 Å². The summed E-state index contributed by atoms with van der Waals surface area (Å²) in [6, 6.07) is 14.2. The van der Waals surface area contributed by atoms with Crippen molar-refractivity contribution in [2.45, 2.75) is 13.8 Å². The van der Waals surface area contributed by atoms with Crippen LogP contribution in [0.3, 0.4) is 0 Å². The number of nitriles is 1. The molecule has 0 N–H and O–H groups in total. The van der Waals surface area contributed by atoms with E-state index in [0.29, 0.717) is 17.1 Å². The zero-order valence-electron chi connectivity index (χ0n) is 11.9. The highest BCUT2D eigenvalue weighted by Gasteiger charge is 2.08. The molecule has 106 valence electrons. The second kappa shape index (κ2) is 6.58. The van der Waals surface area contributed by atoms with Gasteiger partial charge >= 0.3 is 5.97 Å². The average molecular weight is 281 g/mol. The third-order valence-electron chi connectivity index (χ3n) is 2.88. The van der Waals surface area contributed by atoms with Crippen LogP contribution in [0.5, 0.6) is 11.5 Å². The van der Waals surface area contributed by atoms with E-state index in [1.165, 1.54) is 6.07 Å². The van der Waals surface area contributed by atoms with Crippen LogP contribution in [0.1, 0.15) is 16.7 Å². The molecule has 0 radical (unpaired) electrons. The first-order chi connectivity index (χ1) is 10.1. The molecule has 0 bridgehead atoms. The summed E-state index contributed by atoms with van der Waals surface area (Å²) < 4.78 is 10.6. The second-order valence-electron chi connectivity index (χ2n) is 4.67. The van der Waals surface area contributed by atoms with E-state index in [0.717, 1.165) is 11.1 Å². The number of benzene rings is 2. The van der Waals surface area contributed by atoms with Gasteiger partial charge in [0.15, 0.2) is 6.61 Å². The standard InChI is InChI=1S/C17H15NO3/c1-12-6-7-13(2)16(8-12)20-11-17(19)21-15-5-3-4-14(9-15)10-18/h3-9H,11H2,1-2H3. The minimum Gasteiger partial charge on any atom is -0.482 e. The number of ether oxygens (including phenoxy) is 2. The fourth-order valence-electron chi connectivity index (χ4n) is 1.79. The van der Waals surface area contributed by atoms with Crippen LogP contribution >= 0.6 is 0 Å². The molecule has 0 aliphatic carbocycles. The van der Waals surface area contributed by atoms with Crippen molar-refractivity contribution >= 4 is 5.97 Å². The SMILES string of the molecule is Cc1ccc(C)c(OCC(=O)Oc2cccc(C#N)c2)c1. The van der Waals surface area contributed by atoms with E-state index in [2.05, 4.69) is 0 Å².